The van der Waals surface area contributed by atoms with E-state index >= 15 is 0 Å². The highest BCUT2D eigenvalue weighted by molar-refractivity contribution is 9.10. The largest absolute Gasteiger partial charge is 0.340 e. The van der Waals surface area contributed by atoms with Crippen LogP contribution in [-0.2, 0) is 6.54 Å². The second kappa shape index (κ2) is 3.29. The van der Waals surface area contributed by atoms with E-state index in [1.54, 1.807) is 11.6 Å². The summed E-state index contributed by atoms with van der Waals surface area (Å²) in [5.41, 5.74) is 0. The highest BCUT2D eigenvalue weighted by Gasteiger charge is 2.03. The second-order valence-corrected chi connectivity index (χ2v) is 3.38. The van der Waals surface area contributed by atoms with Gasteiger partial charge in [0, 0.05) is 13.1 Å². The first-order chi connectivity index (χ1) is 6.24. The average molecular weight is 243 g/mol. The minimum absolute atomic E-state index is 0.531. The summed E-state index contributed by atoms with van der Waals surface area (Å²) < 4.78 is 7.36. The Morgan fingerprint density at radius 1 is 1.62 bits per heavy atom. The molecule has 2 rings (SSSR count). The highest BCUT2D eigenvalue weighted by atomic mass is 79.9. The number of nitrogens with zero attached hydrogens (tertiary/aromatic N) is 4. The average Bonchev–Trinajstić information content (AvgIpc) is 2.62. The van der Waals surface area contributed by atoms with Crippen molar-refractivity contribution in [2.24, 2.45) is 0 Å². The van der Waals surface area contributed by atoms with Gasteiger partial charge in [-0.15, -0.1) is 0 Å². The Morgan fingerprint density at radius 3 is 3.00 bits per heavy atom. The number of hydrogen-bond donors (Lipinski definition) is 0. The molecule has 0 spiro atoms. The molecule has 0 unspecified atom stereocenters. The first-order valence-electron chi connectivity index (χ1n) is 3.72. The third-order valence-corrected chi connectivity index (χ3v) is 1.90. The number of rotatable bonds is 2. The molecular formula is C7H7BrN4O. The summed E-state index contributed by atoms with van der Waals surface area (Å²) in [6.07, 6.45) is 1.84. The van der Waals surface area contributed by atoms with Crippen LogP contribution in [0.3, 0.4) is 0 Å². The summed E-state index contributed by atoms with van der Waals surface area (Å²) in [6, 6.07) is 1.85. The normalized spacial score (nSPS) is 10.6. The Kier molecular flexibility index (Phi) is 2.13. The minimum Gasteiger partial charge on any atom is -0.340 e. The van der Waals surface area contributed by atoms with Crippen molar-refractivity contribution in [1.82, 2.24) is 19.9 Å². The lowest BCUT2D eigenvalue weighted by molar-refractivity contribution is 0.385. The number of aromatic nitrogens is 4. The predicted octanol–water partition coefficient (Wildman–Crippen LogP) is 1.39. The van der Waals surface area contributed by atoms with Gasteiger partial charge < -0.3 is 4.52 Å². The van der Waals surface area contributed by atoms with Crippen LogP contribution in [0.25, 0.3) is 0 Å². The number of aryl methyl sites for hydroxylation is 1. The van der Waals surface area contributed by atoms with Crippen LogP contribution in [0.4, 0.5) is 0 Å². The van der Waals surface area contributed by atoms with Crippen molar-refractivity contribution in [2.75, 3.05) is 0 Å². The van der Waals surface area contributed by atoms with Gasteiger partial charge in [-0.1, -0.05) is 5.16 Å². The van der Waals surface area contributed by atoms with Crippen LogP contribution < -0.4 is 0 Å². The van der Waals surface area contributed by atoms with Crippen molar-refractivity contribution in [2.45, 2.75) is 13.5 Å². The van der Waals surface area contributed by atoms with Gasteiger partial charge in [-0.25, -0.2) is 0 Å². The standard InChI is InChI=1S/C7H7BrN4O/c1-5-9-7(11-13-5)4-12-3-2-6(8)10-12/h2-3H,4H2,1H3. The van der Waals surface area contributed by atoms with E-state index in [9.17, 15) is 0 Å². The van der Waals surface area contributed by atoms with Gasteiger partial charge >= 0.3 is 0 Å². The van der Waals surface area contributed by atoms with E-state index in [-0.39, 0.29) is 0 Å². The van der Waals surface area contributed by atoms with E-state index in [0.29, 0.717) is 18.3 Å². The van der Waals surface area contributed by atoms with Gasteiger partial charge in [0.2, 0.25) is 5.89 Å². The Bertz CT molecular complexity index is 370. The van der Waals surface area contributed by atoms with Crippen molar-refractivity contribution < 1.29 is 4.52 Å². The van der Waals surface area contributed by atoms with Crippen LogP contribution in [0.5, 0.6) is 0 Å². The molecule has 2 heterocycles. The first-order valence-corrected chi connectivity index (χ1v) is 4.51. The molecule has 13 heavy (non-hydrogen) atoms. The van der Waals surface area contributed by atoms with Crippen LogP contribution in [-0.4, -0.2) is 19.9 Å². The first kappa shape index (κ1) is 8.43. The van der Waals surface area contributed by atoms with Crippen molar-refractivity contribution in [3.05, 3.63) is 28.6 Å². The molecule has 6 heteroatoms. The van der Waals surface area contributed by atoms with Crippen molar-refractivity contribution in [3.8, 4) is 0 Å². The van der Waals surface area contributed by atoms with Crippen LogP contribution in [0, 0.1) is 6.92 Å². The molecule has 0 bridgehead atoms. The maximum atomic E-state index is 4.83. The van der Waals surface area contributed by atoms with E-state index in [1.807, 2.05) is 12.3 Å². The summed E-state index contributed by atoms with van der Waals surface area (Å²) in [6.45, 7) is 2.29. The molecular weight excluding hydrogens is 236 g/mol. The SMILES string of the molecule is Cc1nc(Cn2ccc(Br)n2)no1. The Hall–Kier alpha value is -1.17. The van der Waals surface area contributed by atoms with Crippen molar-refractivity contribution >= 4 is 15.9 Å². The van der Waals surface area contributed by atoms with E-state index in [4.69, 9.17) is 4.52 Å². The molecule has 0 aliphatic carbocycles. The fourth-order valence-electron chi connectivity index (χ4n) is 0.975. The quantitative estimate of drug-likeness (QED) is 0.799. The second-order valence-electron chi connectivity index (χ2n) is 2.57. The lowest BCUT2D eigenvalue weighted by atomic mass is 10.6. The zero-order valence-corrected chi connectivity index (χ0v) is 8.52. The fourth-order valence-corrected chi connectivity index (χ4v) is 1.30. The lowest BCUT2D eigenvalue weighted by Gasteiger charge is -1.93. The van der Waals surface area contributed by atoms with Gasteiger partial charge in [0.15, 0.2) is 5.82 Å². The third kappa shape index (κ3) is 1.95. The van der Waals surface area contributed by atoms with E-state index in [1.165, 1.54) is 0 Å². The van der Waals surface area contributed by atoms with Gasteiger partial charge in [0.1, 0.15) is 11.1 Å². The maximum Gasteiger partial charge on any atom is 0.223 e. The summed E-state index contributed by atoms with van der Waals surface area (Å²) in [5, 5.41) is 7.88. The summed E-state index contributed by atoms with van der Waals surface area (Å²) in [7, 11) is 0. The zero-order chi connectivity index (χ0) is 9.26. The van der Waals surface area contributed by atoms with Gasteiger partial charge in [0.05, 0.1) is 0 Å². The topological polar surface area (TPSA) is 56.7 Å². The van der Waals surface area contributed by atoms with Gasteiger partial charge in [0.25, 0.3) is 0 Å². The van der Waals surface area contributed by atoms with Gasteiger partial charge in [-0.05, 0) is 22.0 Å². The Balaban J connectivity index is 2.14. The molecule has 0 aliphatic heterocycles. The minimum atomic E-state index is 0.531. The molecule has 0 saturated heterocycles. The molecule has 68 valence electrons. The number of halogens is 1. The smallest absolute Gasteiger partial charge is 0.223 e. The van der Waals surface area contributed by atoms with Crippen LogP contribution in [0.2, 0.25) is 0 Å². The fraction of sp³-hybridized carbons (Fsp3) is 0.286. The Morgan fingerprint density at radius 2 is 2.46 bits per heavy atom. The summed E-state index contributed by atoms with van der Waals surface area (Å²) in [5.74, 6) is 1.20. The Labute approximate surface area is 82.9 Å². The molecule has 0 aromatic carbocycles. The van der Waals surface area contributed by atoms with Crippen molar-refractivity contribution in [1.29, 1.82) is 0 Å². The zero-order valence-electron chi connectivity index (χ0n) is 6.94. The van der Waals surface area contributed by atoms with Crippen LogP contribution in [0.1, 0.15) is 11.7 Å². The molecule has 2 aromatic rings. The monoisotopic (exact) mass is 242 g/mol. The van der Waals surface area contributed by atoms with E-state index < -0.39 is 0 Å². The summed E-state index contributed by atoms with van der Waals surface area (Å²) >= 11 is 3.25. The van der Waals surface area contributed by atoms with Crippen LogP contribution >= 0.6 is 15.9 Å². The van der Waals surface area contributed by atoms with Gasteiger partial charge in [-0.3, -0.25) is 4.68 Å². The molecule has 0 amide bonds. The predicted molar refractivity (Wildman–Crippen MR) is 48.1 cm³/mol. The lowest BCUT2D eigenvalue weighted by Crippen LogP contribution is -2.01. The third-order valence-electron chi connectivity index (χ3n) is 1.48. The molecule has 2 aromatic heterocycles. The van der Waals surface area contributed by atoms with Crippen LogP contribution in [0.15, 0.2) is 21.4 Å². The molecule has 0 radical (unpaired) electrons. The molecule has 0 saturated carbocycles. The highest BCUT2D eigenvalue weighted by Crippen LogP contribution is 2.05. The van der Waals surface area contributed by atoms with E-state index in [2.05, 4.69) is 31.2 Å². The number of hydrogen-bond acceptors (Lipinski definition) is 4. The molecule has 5 nitrogen and oxygen atoms in total. The maximum absolute atomic E-state index is 4.83. The molecule has 0 fully saturated rings. The molecule has 0 atom stereocenters. The van der Waals surface area contributed by atoms with Gasteiger partial charge in [-0.2, -0.15) is 10.1 Å². The van der Waals surface area contributed by atoms with Crippen molar-refractivity contribution in [3.63, 3.8) is 0 Å². The molecule has 0 N–H and O–H groups in total. The molecule has 0 aliphatic rings. The summed E-state index contributed by atoms with van der Waals surface area (Å²) in [4.78, 5) is 4.06. The van der Waals surface area contributed by atoms with E-state index in [0.717, 1.165) is 4.60 Å².